The van der Waals surface area contributed by atoms with Crippen molar-refractivity contribution in [3.8, 4) is 0 Å². The van der Waals surface area contributed by atoms with E-state index in [-0.39, 0.29) is 18.3 Å². The summed E-state index contributed by atoms with van der Waals surface area (Å²) in [6.45, 7) is 5.77. The molecule has 0 spiro atoms. The highest BCUT2D eigenvalue weighted by molar-refractivity contribution is 5.93. The van der Waals surface area contributed by atoms with E-state index in [0.29, 0.717) is 11.1 Å². The van der Waals surface area contributed by atoms with Crippen LogP contribution in [-0.2, 0) is 4.79 Å². The Labute approximate surface area is 113 Å². The van der Waals surface area contributed by atoms with E-state index in [1.807, 2.05) is 13.8 Å². The van der Waals surface area contributed by atoms with E-state index in [1.165, 1.54) is 24.3 Å². The Kier molecular flexibility index (Phi) is 5.70. The summed E-state index contributed by atoms with van der Waals surface area (Å²) >= 11 is 0. The summed E-state index contributed by atoms with van der Waals surface area (Å²) in [4.78, 5) is 11.8. The molecule has 1 aromatic carbocycles. The lowest BCUT2D eigenvalue weighted by Gasteiger charge is -2.13. The molecule has 1 amide bonds. The van der Waals surface area contributed by atoms with Crippen LogP contribution in [-0.4, -0.2) is 17.6 Å². The van der Waals surface area contributed by atoms with Crippen molar-refractivity contribution in [2.45, 2.75) is 33.3 Å². The first-order chi connectivity index (χ1) is 8.95. The summed E-state index contributed by atoms with van der Waals surface area (Å²) in [5, 5.41) is 12.6. The van der Waals surface area contributed by atoms with E-state index < -0.39 is 6.10 Å². The van der Waals surface area contributed by atoms with Crippen molar-refractivity contribution in [3.63, 3.8) is 0 Å². The lowest BCUT2D eigenvalue weighted by atomic mass is 10.1. The van der Waals surface area contributed by atoms with Gasteiger partial charge in [-0.25, -0.2) is 4.39 Å². The molecule has 1 aromatic rings. The van der Waals surface area contributed by atoms with Crippen molar-refractivity contribution in [2.24, 2.45) is 0 Å². The Balaban J connectivity index is 2.57. The normalized spacial score (nSPS) is 13.7. The second-order valence-corrected chi connectivity index (χ2v) is 4.54. The molecule has 0 aliphatic rings. The van der Waals surface area contributed by atoms with Crippen LogP contribution in [0.4, 0.5) is 4.39 Å². The Morgan fingerprint density at radius 2 is 1.89 bits per heavy atom. The predicted molar refractivity (Wildman–Crippen MR) is 73.0 cm³/mol. The number of benzene rings is 1. The molecule has 0 bridgehead atoms. The molecule has 1 unspecified atom stereocenters. The van der Waals surface area contributed by atoms with Crippen LogP contribution in [0.25, 0.3) is 0 Å². The summed E-state index contributed by atoms with van der Waals surface area (Å²) in [5.74, 6) is -0.530. The van der Waals surface area contributed by atoms with Gasteiger partial charge in [-0.2, -0.15) is 0 Å². The van der Waals surface area contributed by atoms with Crippen LogP contribution in [0.1, 0.15) is 38.9 Å². The zero-order valence-corrected chi connectivity index (χ0v) is 11.5. The molecular formula is C15H20FNO2. The maximum absolute atomic E-state index is 12.7. The molecule has 1 rings (SSSR count). The maximum Gasteiger partial charge on any atom is 0.246 e. The van der Waals surface area contributed by atoms with Crippen molar-refractivity contribution < 1.29 is 14.3 Å². The highest BCUT2D eigenvalue weighted by Gasteiger charge is 2.11. The zero-order valence-electron chi connectivity index (χ0n) is 11.5. The SMILES string of the molecule is CC/C(C)=C(/C)C(=O)NCC(O)c1ccc(F)cc1. The van der Waals surface area contributed by atoms with Crippen LogP contribution in [0, 0.1) is 5.82 Å². The van der Waals surface area contributed by atoms with Gasteiger partial charge in [-0.15, -0.1) is 0 Å². The van der Waals surface area contributed by atoms with Crippen LogP contribution < -0.4 is 5.32 Å². The summed E-state index contributed by atoms with van der Waals surface area (Å²) in [6.07, 6.45) is -0.0148. The molecule has 0 fully saturated rings. The molecule has 0 aromatic heterocycles. The van der Waals surface area contributed by atoms with Crippen LogP contribution >= 0.6 is 0 Å². The quantitative estimate of drug-likeness (QED) is 0.804. The van der Waals surface area contributed by atoms with Crippen LogP contribution in [0.3, 0.4) is 0 Å². The average Bonchev–Trinajstić information content (AvgIpc) is 2.43. The number of aliphatic hydroxyl groups excluding tert-OH is 1. The van der Waals surface area contributed by atoms with Gasteiger partial charge in [0.15, 0.2) is 0 Å². The van der Waals surface area contributed by atoms with E-state index in [2.05, 4.69) is 5.32 Å². The summed E-state index contributed by atoms with van der Waals surface area (Å²) < 4.78 is 12.7. The number of carbonyl (C=O) groups is 1. The first-order valence-corrected chi connectivity index (χ1v) is 6.33. The largest absolute Gasteiger partial charge is 0.387 e. The van der Waals surface area contributed by atoms with Gasteiger partial charge in [-0.1, -0.05) is 24.6 Å². The van der Waals surface area contributed by atoms with Crippen LogP contribution in [0.2, 0.25) is 0 Å². The number of allylic oxidation sites excluding steroid dienone is 1. The molecule has 3 nitrogen and oxygen atoms in total. The lowest BCUT2D eigenvalue weighted by Crippen LogP contribution is -2.29. The number of hydrogen-bond donors (Lipinski definition) is 2. The first-order valence-electron chi connectivity index (χ1n) is 6.33. The number of carbonyl (C=O) groups excluding carboxylic acids is 1. The third-order valence-corrected chi connectivity index (χ3v) is 3.22. The molecule has 0 saturated carbocycles. The van der Waals surface area contributed by atoms with Gasteiger partial charge in [0.25, 0.3) is 0 Å². The number of halogens is 1. The lowest BCUT2D eigenvalue weighted by molar-refractivity contribution is -0.118. The van der Waals surface area contributed by atoms with Crippen LogP contribution in [0.5, 0.6) is 0 Å². The van der Waals surface area contributed by atoms with E-state index in [9.17, 15) is 14.3 Å². The minimum absolute atomic E-state index is 0.110. The molecule has 0 aliphatic carbocycles. The number of hydrogen-bond acceptors (Lipinski definition) is 2. The molecule has 0 heterocycles. The van der Waals surface area contributed by atoms with E-state index in [1.54, 1.807) is 6.92 Å². The molecule has 2 N–H and O–H groups in total. The molecule has 0 radical (unpaired) electrons. The summed E-state index contributed by atoms with van der Waals surface area (Å²) in [5.41, 5.74) is 2.28. The standard InChI is InChI=1S/C15H20FNO2/c1-4-10(2)11(3)15(19)17-9-14(18)12-5-7-13(16)8-6-12/h5-8,14,18H,4,9H2,1-3H3,(H,17,19)/b11-10-. The van der Waals surface area contributed by atoms with Crippen LogP contribution in [0.15, 0.2) is 35.4 Å². The van der Waals surface area contributed by atoms with E-state index in [4.69, 9.17) is 0 Å². The van der Waals surface area contributed by atoms with E-state index >= 15 is 0 Å². The van der Waals surface area contributed by atoms with E-state index in [0.717, 1.165) is 12.0 Å². The van der Waals surface area contributed by atoms with Gasteiger partial charge >= 0.3 is 0 Å². The molecule has 0 aliphatic heterocycles. The minimum Gasteiger partial charge on any atom is -0.387 e. The fourth-order valence-electron chi connectivity index (χ4n) is 1.58. The fourth-order valence-corrected chi connectivity index (χ4v) is 1.58. The molecule has 4 heteroatoms. The van der Waals surface area contributed by atoms with Crippen molar-refractivity contribution in [1.82, 2.24) is 5.32 Å². The van der Waals surface area contributed by atoms with Crippen molar-refractivity contribution in [1.29, 1.82) is 0 Å². The summed E-state index contributed by atoms with van der Waals surface area (Å²) in [6, 6.07) is 5.58. The Hall–Kier alpha value is -1.68. The van der Waals surface area contributed by atoms with Gasteiger partial charge in [-0.05, 0) is 38.0 Å². The smallest absolute Gasteiger partial charge is 0.246 e. The fraction of sp³-hybridized carbons (Fsp3) is 0.400. The van der Waals surface area contributed by atoms with Crippen molar-refractivity contribution in [3.05, 3.63) is 46.8 Å². The molecular weight excluding hydrogens is 245 g/mol. The summed E-state index contributed by atoms with van der Waals surface area (Å²) in [7, 11) is 0. The highest BCUT2D eigenvalue weighted by Crippen LogP contribution is 2.13. The third kappa shape index (κ3) is 4.48. The van der Waals surface area contributed by atoms with Gasteiger partial charge in [0.2, 0.25) is 5.91 Å². The van der Waals surface area contributed by atoms with Crippen molar-refractivity contribution in [2.75, 3.05) is 6.54 Å². The Bertz CT molecular complexity index is 466. The second-order valence-electron chi connectivity index (χ2n) is 4.54. The first kappa shape index (κ1) is 15.4. The number of aliphatic hydroxyl groups is 1. The number of rotatable bonds is 5. The Morgan fingerprint density at radius 3 is 2.42 bits per heavy atom. The van der Waals surface area contributed by atoms with Gasteiger partial charge in [-0.3, -0.25) is 4.79 Å². The van der Waals surface area contributed by atoms with Crippen molar-refractivity contribution >= 4 is 5.91 Å². The molecule has 0 saturated heterocycles. The zero-order chi connectivity index (χ0) is 14.4. The minimum atomic E-state index is -0.834. The van der Waals surface area contributed by atoms with Gasteiger partial charge in [0.05, 0.1) is 6.10 Å². The number of amides is 1. The number of nitrogens with one attached hydrogen (secondary N) is 1. The Morgan fingerprint density at radius 1 is 1.32 bits per heavy atom. The van der Waals surface area contributed by atoms with Gasteiger partial charge in [0, 0.05) is 12.1 Å². The maximum atomic E-state index is 12.7. The predicted octanol–water partition coefficient (Wildman–Crippen LogP) is 2.72. The molecule has 1 atom stereocenters. The molecule has 104 valence electrons. The topological polar surface area (TPSA) is 49.3 Å². The second kappa shape index (κ2) is 7.04. The third-order valence-electron chi connectivity index (χ3n) is 3.22. The average molecular weight is 265 g/mol. The highest BCUT2D eigenvalue weighted by atomic mass is 19.1. The van der Waals surface area contributed by atoms with Gasteiger partial charge in [0.1, 0.15) is 5.82 Å². The monoisotopic (exact) mass is 265 g/mol. The van der Waals surface area contributed by atoms with Gasteiger partial charge < -0.3 is 10.4 Å². The molecule has 19 heavy (non-hydrogen) atoms.